The van der Waals surface area contributed by atoms with Gasteiger partial charge in [-0.2, -0.15) is 0 Å². The van der Waals surface area contributed by atoms with Crippen LogP contribution in [0.1, 0.15) is 45.1 Å². The smallest absolute Gasteiger partial charge is 0.133 e. The lowest BCUT2D eigenvalue weighted by Crippen LogP contribution is -2.29. The highest BCUT2D eigenvalue weighted by Gasteiger charge is 2.11. The fourth-order valence-electron chi connectivity index (χ4n) is 2.27. The molecule has 120 valence electrons. The second-order valence-corrected chi connectivity index (χ2v) is 5.35. The van der Waals surface area contributed by atoms with E-state index < -0.39 is 0 Å². The molecule has 1 aromatic heterocycles. The van der Waals surface area contributed by atoms with Crippen LogP contribution in [-0.4, -0.2) is 38.3 Å². The van der Waals surface area contributed by atoms with Crippen LogP contribution in [0.15, 0.2) is 18.3 Å². The van der Waals surface area contributed by atoms with E-state index in [-0.39, 0.29) is 0 Å². The molecule has 0 aromatic carbocycles. The molecule has 4 nitrogen and oxygen atoms in total. The van der Waals surface area contributed by atoms with Gasteiger partial charge in [-0.05, 0) is 18.9 Å². The Kier molecular flexibility index (Phi) is 9.83. The fourth-order valence-corrected chi connectivity index (χ4v) is 2.27. The zero-order valence-corrected chi connectivity index (χ0v) is 13.9. The maximum atomic E-state index is 5.08. The minimum Gasteiger partial charge on any atom is -0.383 e. The van der Waals surface area contributed by atoms with Gasteiger partial charge in [-0.25, -0.2) is 4.98 Å². The van der Waals surface area contributed by atoms with Gasteiger partial charge in [0, 0.05) is 45.0 Å². The number of anilines is 1. The normalized spacial score (nSPS) is 10.8. The number of hydrogen-bond acceptors (Lipinski definition) is 4. The summed E-state index contributed by atoms with van der Waals surface area (Å²) in [5.74, 6) is 1.14. The Balaban J connectivity index is 2.70. The van der Waals surface area contributed by atoms with Crippen molar-refractivity contribution in [1.82, 2.24) is 10.3 Å². The van der Waals surface area contributed by atoms with Crippen LogP contribution in [0, 0.1) is 0 Å². The fraction of sp³-hybridized carbons (Fsp3) is 0.706. The highest BCUT2D eigenvalue weighted by Crippen LogP contribution is 2.18. The zero-order valence-electron chi connectivity index (χ0n) is 13.9. The highest BCUT2D eigenvalue weighted by atomic mass is 16.5. The van der Waals surface area contributed by atoms with Gasteiger partial charge in [0.25, 0.3) is 0 Å². The Morgan fingerprint density at radius 1 is 1.19 bits per heavy atom. The molecule has 1 aromatic rings. The van der Waals surface area contributed by atoms with E-state index in [1.165, 1.54) is 31.2 Å². The molecule has 0 aliphatic heterocycles. The molecular weight excluding hydrogens is 262 g/mol. The van der Waals surface area contributed by atoms with Crippen molar-refractivity contribution in [2.75, 3.05) is 38.3 Å². The molecule has 4 heteroatoms. The average Bonchev–Trinajstić information content (AvgIpc) is 2.52. The van der Waals surface area contributed by atoms with Gasteiger partial charge in [-0.3, -0.25) is 0 Å². The SMILES string of the molecule is CCCCN(CCCC)c1ncccc1CNCCOC. The van der Waals surface area contributed by atoms with E-state index in [1.54, 1.807) is 7.11 Å². The third-order valence-electron chi connectivity index (χ3n) is 3.53. The topological polar surface area (TPSA) is 37.4 Å². The highest BCUT2D eigenvalue weighted by molar-refractivity contribution is 5.46. The number of ether oxygens (including phenoxy) is 1. The molecule has 0 radical (unpaired) electrons. The quantitative estimate of drug-likeness (QED) is 0.600. The number of pyridine rings is 1. The van der Waals surface area contributed by atoms with Crippen LogP contribution >= 0.6 is 0 Å². The molecule has 0 bridgehead atoms. The predicted molar refractivity (Wildman–Crippen MR) is 89.8 cm³/mol. The summed E-state index contributed by atoms with van der Waals surface area (Å²) >= 11 is 0. The minimum atomic E-state index is 0.741. The van der Waals surface area contributed by atoms with Crippen LogP contribution in [0.4, 0.5) is 5.82 Å². The van der Waals surface area contributed by atoms with Gasteiger partial charge in [0.1, 0.15) is 5.82 Å². The van der Waals surface area contributed by atoms with Crippen LogP contribution in [0.3, 0.4) is 0 Å². The van der Waals surface area contributed by atoms with Crippen molar-refractivity contribution in [1.29, 1.82) is 0 Å². The number of unbranched alkanes of at least 4 members (excludes halogenated alkanes) is 2. The van der Waals surface area contributed by atoms with Gasteiger partial charge in [0.2, 0.25) is 0 Å². The Morgan fingerprint density at radius 3 is 2.52 bits per heavy atom. The molecule has 0 unspecified atom stereocenters. The molecule has 0 aliphatic rings. The van der Waals surface area contributed by atoms with Crippen molar-refractivity contribution in [3.05, 3.63) is 23.9 Å². The number of nitrogens with zero attached hydrogens (tertiary/aromatic N) is 2. The monoisotopic (exact) mass is 293 g/mol. The van der Waals surface area contributed by atoms with Crippen molar-refractivity contribution >= 4 is 5.82 Å². The van der Waals surface area contributed by atoms with Crippen molar-refractivity contribution in [2.24, 2.45) is 0 Å². The molecule has 0 saturated carbocycles. The lowest BCUT2D eigenvalue weighted by molar-refractivity contribution is 0.199. The Bertz CT molecular complexity index is 363. The van der Waals surface area contributed by atoms with Crippen LogP contribution in [0.5, 0.6) is 0 Å². The molecule has 0 aliphatic carbocycles. The molecule has 0 spiro atoms. The molecule has 21 heavy (non-hydrogen) atoms. The van der Waals surface area contributed by atoms with Gasteiger partial charge in [-0.15, -0.1) is 0 Å². The molecule has 1 N–H and O–H groups in total. The van der Waals surface area contributed by atoms with Gasteiger partial charge in [0.05, 0.1) is 6.61 Å². The first-order valence-electron chi connectivity index (χ1n) is 8.22. The lowest BCUT2D eigenvalue weighted by Gasteiger charge is -2.26. The second-order valence-electron chi connectivity index (χ2n) is 5.35. The second kappa shape index (κ2) is 11.5. The van der Waals surface area contributed by atoms with Gasteiger partial charge in [0.15, 0.2) is 0 Å². The largest absolute Gasteiger partial charge is 0.383 e. The number of aromatic nitrogens is 1. The molecule has 0 atom stereocenters. The molecule has 0 amide bonds. The Morgan fingerprint density at radius 2 is 1.90 bits per heavy atom. The van der Waals surface area contributed by atoms with Crippen molar-refractivity contribution in [3.8, 4) is 0 Å². The third kappa shape index (κ3) is 6.91. The first-order chi connectivity index (χ1) is 10.3. The number of methoxy groups -OCH3 is 1. The van der Waals surface area contributed by atoms with E-state index in [1.807, 2.05) is 12.3 Å². The summed E-state index contributed by atoms with van der Waals surface area (Å²) in [4.78, 5) is 7.08. The van der Waals surface area contributed by atoms with Gasteiger partial charge >= 0.3 is 0 Å². The molecular formula is C17H31N3O. The van der Waals surface area contributed by atoms with E-state index in [2.05, 4.69) is 35.1 Å². The van der Waals surface area contributed by atoms with Crippen molar-refractivity contribution in [3.63, 3.8) is 0 Å². The summed E-state index contributed by atoms with van der Waals surface area (Å²) in [6.07, 6.45) is 6.78. The minimum absolute atomic E-state index is 0.741. The van der Waals surface area contributed by atoms with E-state index in [4.69, 9.17) is 4.74 Å². The van der Waals surface area contributed by atoms with Crippen LogP contribution in [0.25, 0.3) is 0 Å². The zero-order chi connectivity index (χ0) is 15.3. The summed E-state index contributed by atoms with van der Waals surface area (Å²) in [7, 11) is 1.73. The van der Waals surface area contributed by atoms with Crippen molar-refractivity contribution < 1.29 is 4.74 Å². The molecule has 0 saturated heterocycles. The molecule has 1 heterocycles. The maximum Gasteiger partial charge on any atom is 0.133 e. The van der Waals surface area contributed by atoms with Gasteiger partial charge < -0.3 is 15.0 Å². The Labute approximate surface area is 129 Å². The number of rotatable bonds is 12. The van der Waals surface area contributed by atoms with E-state index in [0.29, 0.717) is 0 Å². The standard InChI is InChI=1S/C17H31N3O/c1-4-6-12-20(13-7-5-2)17-16(9-8-10-19-17)15-18-11-14-21-3/h8-10,18H,4-7,11-15H2,1-3H3. The summed E-state index contributed by atoms with van der Waals surface area (Å²) < 4.78 is 5.08. The van der Waals surface area contributed by atoms with Crippen LogP contribution < -0.4 is 10.2 Å². The Hall–Kier alpha value is -1.13. The summed E-state index contributed by atoms with van der Waals surface area (Å²) in [5, 5.41) is 3.42. The summed E-state index contributed by atoms with van der Waals surface area (Å²) in [6, 6.07) is 4.20. The molecule has 1 rings (SSSR count). The first kappa shape index (κ1) is 17.9. The van der Waals surface area contributed by atoms with E-state index >= 15 is 0 Å². The average molecular weight is 293 g/mol. The molecule has 0 fully saturated rings. The van der Waals surface area contributed by atoms with E-state index in [0.717, 1.165) is 38.6 Å². The maximum absolute atomic E-state index is 5.08. The van der Waals surface area contributed by atoms with Gasteiger partial charge in [-0.1, -0.05) is 32.8 Å². The van der Waals surface area contributed by atoms with Crippen LogP contribution in [0.2, 0.25) is 0 Å². The first-order valence-corrected chi connectivity index (χ1v) is 8.22. The summed E-state index contributed by atoms with van der Waals surface area (Å²) in [5.41, 5.74) is 1.28. The third-order valence-corrected chi connectivity index (χ3v) is 3.53. The summed E-state index contributed by atoms with van der Waals surface area (Å²) in [6.45, 7) is 9.13. The van der Waals surface area contributed by atoms with E-state index in [9.17, 15) is 0 Å². The number of nitrogens with one attached hydrogen (secondary N) is 1. The van der Waals surface area contributed by atoms with Crippen LogP contribution in [-0.2, 0) is 11.3 Å². The van der Waals surface area contributed by atoms with Crippen molar-refractivity contribution in [2.45, 2.75) is 46.1 Å². The lowest BCUT2D eigenvalue weighted by atomic mass is 10.2. The predicted octanol–water partition coefficient (Wildman–Crippen LogP) is 3.22. The number of hydrogen-bond donors (Lipinski definition) is 1.